The van der Waals surface area contributed by atoms with Gasteiger partial charge in [0.2, 0.25) is 5.91 Å². The minimum Gasteiger partial charge on any atom is -0.309 e. The Bertz CT molecular complexity index is 950. The van der Waals surface area contributed by atoms with Crippen LogP contribution in [0.15, 0.2) is 36.4 Å². The summed E-state index contributed by atoms with van der Waals surface area (Å²) in [6.45, 7) is 4.49. The van der Waals surface area contributed by atoms with Crippen LogP contribution in [-0.4, -0.2) is 60.1 Å². The fraction of sp³-hybridized carbons (Fsp3) is 0.545. The van der Waals surface area contributed by atoms with E-state index in [0.717, 1.165) is 24.2 Å². The van der Waals surface area contributed by atoms with Crippen molar-refractivity contribution in [2.45, 2.75) is 51.5 Å². The first kappa shape index (κ1) is 22.5. The van der Waals surface area contributed by atoms with E-state index in [2.05, 4.69) is 5.32 Å². The highest BCUT2D eigenvalue weighted by Crippen LogP contribution is 2.35. The summed E-state index contributed by atoms with van der Waals surface area (Å²) in [6, 6.07) is 11.5. The van der Waals surface area contributed by atoms with E-state index in [-0.39, 0.29) is 24.2 Å². The molecule has 0 saturated heterocycles. The fourth-order valence-electron chi connectivity index (χ4n) is 4.17. The van der Waals surface area contributed by atoms with Gasteiger partial charge in [0.05, 0.1) is 23.7 Å². The van der Waals surface area contributed by atoms with Gasteiger partial charge >= 0.3 is 0 Å². The number of nitrogens with one attached hydrogen (secondary N) is 1. The Morgan fingerprint density at radius 3 is 2.53 bits per heavy atom. The fourth-order valence-corrected chi connectivity index (χ4v) is 5.25. The molecule has 0 bridgehead atoms. The first-order valence-electron chi connectivity index (χ1n) is 10.6. The SMILES string of the molecule is CCN(CC(=O)Nc1cc(C2CCCC2)nn1-c1ccccc1)C(C)CS(C)(=O)=O. The van der Waals surface area contributed by atoms with Gasteiger partial charge in [-0.2, -0.15) is 5.10 Å². The Hall–Kier alpha value is -2.19. The average Bonchev–Trinajstić information content (AvgIpc) is 3.35. The van der Waals surface area contributed by atoms with Crippen LogP contribution < -0.4 is 5.32 Å². The number of anilines is 1. The number of hydrogen-bond donors (Lipinski definition) is 1. The second kappa shape index (κ2) is 9.75. The maximum atomic E-state index is 12.8. The summed E-state index contributed by atoms with van der Waals surface area (Å²) in [4.78, 5) is 14.7. The number of hydrogen-bond acceptors (Lipinski definition) is 5. The Balaban J connectivity index is 1.78. The van der Waals surface area contributed by atoms with E-state index in [1.807, 2.05) is 55.1 Å². The quantitative estimate of drug-likeness (QED) is 0.658. The maximum Gasteiger partial charge on any atom is 0.239 e. The van der Waals surface area contributed by atoms with Crippen molar-refractivity contribution < 1.29 is 13.2 Å². The molecule has 0 radical (unpaired) electrons. The molecule has 1 atom stereocenters. The molecule has 1 N–H and O–H groups in total. The van der Waals surface area contributed by atoms with Crippen molar-refractivity contribution in [1.29, 1.82) is 0 Å². The van der Waals surface area contributed by atoms with Crippen LogP contribution in [-0.2, 0) is 14.6 Å². The van der Waals surface area contributed by atoms with Crippen molar-refractivity contribution in [2.75, 3.05) is 30.4 Å². The number of para-hydroxylation sites is 1. The van der Waals surface area contributed by atoms with E-state index in [9.17, 15) is 13.2 Å². The Morgan fingerprint density at radius 2 is 1.93 bits per heavy atom. The summed E-state index contributed by atoms with van der Waals surface area (Å²) < 4.78 is 25.1. The molecule has 1 aromatic carbocycles. The molecule has 0 spiro atoms. The summed E-state index contributed by atoms with van der Waals surface area (Å²) in [6.07, 6.45) is 5.92. The van der Waals surface area contributed by atoms with E-state index in [4.69, 9.17) is 5.10 Å². The number of benzene rings is 1. The van der Waals surface area contributed by atoms with Gasteiger partial charge in [-0.15, -0.1) is 0 Å². The zero-order valence-corrected chi connectivity index (χ0v) is 18.9. The normalized spacial score (nSPS) is 16.1. The number of sulfone groups is 1. The van der Waals surface area contributed by atoms with Crippen LogP contribution in [0.4, 0.5) is 5.82 Å². The van der Waals surface area contributed by atoms with Crippen molar-refractivity contribution >= 4 is 21.6 Å². The number of rotatable bonds is 9. The smallest absolute Gasteiger partial charge is 0.239 e. The van der Waals surface area contributed by atoms with E-state index in [0.29, 0.717) is 18.3 Å². The summed E-state index contributed by atoms with van der Waals surface area (Å²) in [5.74, 6) is 0.946. The van der Waals surface area contributed by atoms with Gasteiger partial charge in [-0.25, -0.2) is 13.1 Å². The third kappa shape index (κ3) is 5.92. The van der Waals surface area contributed by atoms with Crippen LogP contribution in [0.25, 0.3) is 5.69 Å². The number of aromatic nitrogens is 2. The lowest BCUT2D eigenvalue weighted by atomic mass is 10.0. The van der Waals surface area contributed by atoms with Crippen molar-refractivity contribution in [2.24, 2.45) is 0 Å². The highest BCUT2D eigenvalue weighted by molar-refractivity contribution is 7.90. The van der Waals surface area contributed by atoms with Gasteiger partial charge in [-0.1, -0.05) is 38.0 Å². The van der Waals surface area contributed by atoms with Gasteiger partial charge < -0.3 is 5.32 Å². The molecule has 30 heavy (non-hydrogen) atoms. The Morgan fingerprint density at radius 1 is 1.27 bits per heavy atom. The van der Waals surface area contributed by atoms with Crippen LogP contribution >= 0.6 is 0 Å². The van der Waals surface area contributed by atoms with E-state index in [1.54, 1.807) is 4.68 Å². The third-order valence-corrected chi connectivity index (χ3v) is 6.78. The van der Waals surface area contributed by atoms with Crippen molar-refractivity contribution in [3.63, 3.8) is 0 Å². The number of likely N-dealkylation sites (N-methyl/N-ethyl adjacent to an activating group) is 1. The van der Waals surface area contributed by atoms with Gasteiger partial charge in [-0.3, -0.25) is 9.69 Å². The minimum atomic E-state index is -3.11. The topological polar surface area (TPSA) is 84.3 Å². The highest BCUT2D eigenvalue weighted by Gasteiger charge is 2.24. The largest absolute Gasteiger partial charge is 0.309 e. The molecule has 1 unspecified atom stereocenters. The number of carbonyl (C=O) groups is 1. The number of carbonyl (C=O) groups excluding carboxylic acids is 1. The van der Waals surface area contributed by atoms with Crippen LogP contribution in [0.1, 0.15) is 51.1 Å². The summed E-state index contributed by atoms with van der Waals surface area (Å²) in [5, 5.41) is 7.81. The molecular formula is C22H32N4O3S. The highest BCUT2D eigenvalue weighted by atomic mass is 32.2. The monoisotopic (exact) mass is 432 g/mol. The lowest BCUT2D eigenvalue weighted by Gasteiger charge is -2.26. The summed E-state index contributed by atoms with van der Waals surface area (Å²) >= 11 is 0. The minimum absolute atomic E-state index is 0.0297. The second-order valence-electron chi connectivity index (χ2n) is 8.24. The third-order valence-electron chi connectivity index (χ3n) is 5.69. The lowest BCUT2D eigenvalue weighted by Crippen LogP contribution is -2.42. The zero-order chi connectivity index (χ0) is 21.7. The summed E-state index contributed by atoms with van der Waals surface area (Å²) in [7, 11) is -3.11. The zero-order valence-electron chi connectivity index (χ0n) is 18.0. The van der Waals surface area contributed by atoms with Crippen molar-refractivity contribution in [1.82, 2.24) is 14.7 Å². The molecule has 1 heterocycles. The molecule has 3 rings (SSSR count). The van der Waals surface area contributed by atoms with Crippen LogP contribution in [0, 0.1) is 0 Å². The lowest BCUT2D eigenvalue weighted by molar-refractivity contribution is -0.117. The van der Waals surface area contributed by atoms with Gasteiger partial charge in [0.15, 0.2) is 0 Å². The Kier molecular flexibility index (Phi) is 7.31. The molecule has 1 saturated carbocycles. The molecular weight excluding hydrogens is 400 g/mol. The average molecular weight is 433 g/mol. The molecule has 8 heteroatoms. The van der Waals surface area contributed by atoms with E-state index < -0.39 is 9.84 Å². The molecule has 2 aromatic rings. The first-order chi connectivity index (χ1) is 14.3. The van der Waals surface area contributed by atoms with E-state index in [1.165, 1.54) is 19.1 Å². The molecule has 1 amide bonds. The second-order valence-corrected chi connectivity index (χ2v) is 10.4. The predicted molar refractivity (Wildman–Crippen MR) is 120 cm³/mol. The van der Waals surface area contributed by atoms with Gasteiger partial charge in [-0.05, 0) is 38.4 Å². The van der Waals surface area contributed by atoms with Crippen molar-refractivity contribution in [3.8, 4) is 5.69 Å². The first-order valence-corrected chi connectivity index (χ1v) is 12.7. The molecule has 1 aromatic heterocycles. The number of nitrogens with zero attached hydrogens (tertiary/aromatic N) is 3. The predicted octanol–water partition coefficient (Wildman–Crippen LogP) is 3.22. The van der Waals surface area contributed by atoms with Gasteiger partial charge in [0, 0.05) is 24.3 Å². The summed E-state index contributed by atoms with van der Waals surface area (Å²) in [5.41, 5.74) is 1.92. The van der Waals surface area contributed by atoms with Crippen LogP contribution in [0.5, 0.6) is 0 Å². The van der Waals surface area contributed by atoms with Gasteiger partial charge in [0.1, 0.15) is 15.7 Å². The van der Waals surface area contributed by atoms with Crippen molar-refractivity contribution in [3.05, 3.63) is 42.1 Å². The van der Waals surface area contributed by atoms with E-state index >= 15 is 0 Å². The molecule has 0 aliphatic heterocycles. The Labute approximate surface area is 179 Å². The molecule has 7 nitrogen and oxygen atoms in total. The van der Waals surface area contributed by atoms with Crippen LogP contribution in [0.3, 0.4) is 0 Å². The molecule has 1 aliphatic carbocycles. The molecule has 1 fully saturated rings. The molecule has 164 valence electrons. The standard InChI is InChI=1S/C22H32N4O3S/c1-4-25(17(2)16-30(3,28)29)15-22(27)23-21-14-20(18-10-8-9-11-18)24-26(21)19-12-6-5-7-13-19/h5-7,12-14,17-18H,4,8-11,15-16H2,1-3H3,(H,23,27). The maximum absolute atomic E-state index is 12.8. The van der Waals surface area contributed by atoms with Crippen LogP contribution in [0.2, 0.25) is 0 Å². The number of amides is 1. The van der Waals surface area contributed by atoms with Gasteiger partial charge in [0.25, 0.3) is 0 Å². The molecule has 1 aliphatic rings.